The molecule has 0 bridgehead atoms. The predicted molar refractivity (Wildman–Crippen MR) is 74.8 cm³/mol. The van der Waals surface area contributed by atoms with E-state index in [-0.39, 0.29) is 11.3 Å². The molecule has 0 aliphatic carbocycles. The second kappa shape index (κ2) is 5.23. The van der Waals surface area contributed by atoms with Gasteiger partial charge in [-0.15, -0.1) is 0 Å². The van der Waals surface area contributed by atoms with Crippen LogP contribution in [0.4, 0.5) is 0 Å². The van der Waals surface area contributed by atoms with Gasteiger partial charge in [-0.05, 0) is 29.5 Å². The molecule has 2 heteroatoms. The van der Waals surface area contributed by atoms with Gasteiger partial charge in [0.1, 0.15) is 5.78 Å². The van der Waals surface area contributed by atoms with Crippen LogP contribution in [0.15, 0.2) is 24.3 Å². The van der Waals surface area contributed by atoms with Crippen molar-refractivity contribution in [3.8, 4) is 0 Å². The second-order valence-electron chi connectivity index (χ2n) is 6.28. The molecule has 1 aliphatic rings. The molecule has 0 radical (unpaired) electrons. The normalized spacial score (nSPS) is 20.1. The van der Waals surface area contributed by atoms with Gasteiger partial charge >= 0.3 is 0 Å². The number of rotatable bonds is 3. The van der Waals surface area contributed by atoms with Gasteiger partial charge < -0.3 is 5.32 Å². The SMILES string of the molecule is CC(C)(C)c1ccc(CC(=O)C2CCNC2)cc1. The Labute approximate surface area is 110 Å². The van der Waals surface area contributed by atoms with E-state index >= 15 is 0 Å². The Balaban J connectivity index is 2.00. The lowest BCUT2D eigenvalue weighted by Gasteiger charge is -2.19. The molecule has 0 spiro atoms. The van der Waals surface area contributed by atoms with E-state index in [0.717, 1.165) is 25.1 Å². The minimum atomic E-state index is 0.178. The standard InChI is InChI=1S/C16H23NO/c1-16(2,3)14-6-4-12(5-7-14)10-15(18)13-8-9-17-11-13/h4-7,13,17H,8-11H2,1-3H3. The Morgan fingerprint density at radius 3 is 2.44 bits per heavy atom. The monoisotopic (exact) mass is 245 g/mol. The van der Waals surface area contributed by atoms with Gasteiger partial charge in [-0.1, -0.05) is 45.0 Å². The van der Waals surface area contributed by atoms with Crippen molar-refractivity contribution in [3.05, 3.63) is 35.4 Å². The number of ketones is 1. The fraction of sp³-hybridized carbons (Fsp3) is 0.562. The smallest absolute Gasteiger partial charge is 0.141 e. The van der Waals surface area contributed by atoms with E-state index in [1.165, 1.54) is 5.56 Å². The highest BCUT2D eigenvalue weighted by atomic mass is 16.1. The van der Waals surface area contributed by atoms with Crippen LogP contribution in [0.1, 0.15) is 38.3 Å². The molecular formula is C16H23NO. The molecule has 1 fully saturated rings. The number of nitrogens with one attached hydrogen (secondary N) is 1. The lowest BCUT2D eigenvalue weighted by Crippen LogP contribution is -2.19. The molecule has 1 unspecified atom stereocenters. The van der Waals surface area contributed by atoms with Crippen molar-refractivity contribution < 1.29 is 4.79 Å². The molecule has 1 aromatic carbocycles. The summed E-state index contributed by atoms with van der Waals surface area (Å²) in [5, 5.41) is 3.25. The molecule has 1 N–H and O–H groups in total. The van der Waals surface area contributed by atoms with E-state index in [2.05, 4.69) is 50.4 Å². The second-order valence-corrected chi connectivity index (χ2v) is 6.28. The minimum absolute atomic E-state index is 0.178. The van der Waals surface area contributed by atoms with Crippen molar-refractivity contribution in [2.24, 2.45) is 5.92 Å². The van der Waals surface area contributed by atoms with Crippen LogP contribution in [0.3, 0.4) is 0 Å². The van der Waals surface area contributed by atoms with E-state index in [0.29, 0.717) is 12.2 Å². The zero-order valence-corrected chi connectivity index (χ0v) is 11.6. The molecule has 2 rings (SSSR count). The number of hydrogen-bond donors (Lipinski definition) is 1. The summed E-state index contributed by atoms with van der Waals surface area (Å²) >= 11 is 0. The van der Waals surface area contributed by atoms with Crippen molar-refractivity contribution in [3.63, 3.8) is 0 Å². The fourth-order valence-corrected chi connectivity index (χ4v) is 2.40. The quantitative estimate of drug-likeness (QED) is 0.887. The summed E-state index contributed by atoms with van der Waals surface area (Å²) < 4.78 is 0. The maximum Gasteiger partial charge on any atom is 0.141 e. The van der Waals surface area contributed by atoms with Crippen molar-refractivity contribution in [2.75, 3.05) is 13.1 Å². The van der Waals surface area contributed by atoms with E-state index in [1.54, 1.807) is 0 Å². The highest BCUT2D eigenvalue weighted by Crippen LogP contribution is 2.22. The molecule has 1 atom stereocenters. The first-order valence-corrected chi connectivity index (χ1v) is 6.79. The zero-order valence-electron chi connectivity index (χ0n) is 11.6. The third-order valence-electron chi connectivity index (χ3n) is 3.71. The first-order chi connectivity index (χ1) is 8.47. The van der Waals surface area contributed by atoms with E-state index in [4.69, 9.17) is 0 Å². The van der Waals surface area contributed by atoms with Gasteiger partial charge in [0, 0.05) is 18.9 Å². The summed E-state index contributed by atoms with van der Waals surface area (Å²) in [4.78, 5) is 12.1. The summed E-state index contributed by atoms with van der Waals surface area (Å²) in [5.74, 6) is 0.607. The topological polar surface area (TPSA) is 29.1 Å². The van der Waals surface area contributed by atoms with Crippen molar-refractivity contribution in [1.29, 1.82) is 0 Å². The van der Waals surface area contributed by atoms with Crippen LogP contribution in [-0.4, -0.2) is 18.9 Å². The Kier molecular flexibility index (Phi) is 3.86. The molecule has 0 saturated carbocycles. The van der Waals surface area contributed by atoms with Gasteiger partial charge in [-0.2, -0.15) is 0 Å². The number of carbonyl (C=O) groups is 1. The Morgan fingerprint density at radius 1 is 1.28 bits per heavy atom. The maximum absolute atomic E-state index is 12.1. The first-order valence-electron chi connectivity index (χ1n) is 6.79. The average Bonchev–Trinajstić information content (AvgIpc) is 2.82. The number of benzene rings is 1. The van der Waals surface area contributed by atoms with Gasteiger partial charge in [0.25, 0.3) is 0 Å². The molecule has 2 nitrogen and oxygen atoms in total. The van der Waals surface area contributed by atoms with Crippen LogP contribution in [-0.2, 0) is 16.6 Å². The minimum Gasteiger partial charge on any atom is -0.316 e. The van der Waals surface area contributed by atoms with Crippen LogP contribution in [0.5, 0.6) is 0 Å². The number of carbonyl (C=O) groups excluding carboxylic acids is 1. The van der Waals surface area contributed by atoms with E-state index in [1.807, 2.05) is 0 Å². The molecule has 18 heavy (non-hydrogen) atoms. The van der Waals surface area contributed by atoms with Crippen LogP contribution in [0.25, 0.3) is 0 Å². The lowest BCUT2D eigenvalue weighted by molar-refractivity contribution is -0.121. The molecule has 1 aliphatic heterocycles. The Morgan fingerprint density at radius 2 is 1.94 bits per heavy atom. The number of Topliss-reactive ketones (excluding diaryl/α,β-unsaturated/α-hetero) is 1. The third kappa shape index (κ3) is 3.20. The van der Waals surface area contributed by atoms with Crippen LogP contribution < -0.4 is 5.32 Å². The molecule has 0 aromatic heterocycles. The van der Waals surface area contributed by atoms with Gasteiger partial charge in [-0.25, -0.2) is 0 Å². The summed E-state index contributed by atoms with van der Waals surface area (Å²) in [5.41, 5.74) is 2.64. The predicted octanol–water partition coefficient (Wildman–Crippen LogP) is 2.71. The Bertz CT molecular complexity index is 408. The third-order valence-corrected chi connectivity index (χ3v) is 3.71. The molecular weight excluding hydrogens is 222 g/mol. The molecule has 98 valence electrons. The molecule has 0 amide bonds. The van der Waals surface area contributed by atoms with Crippen LogP contribution in [0, 0.1) is 5.92 Å². The maximum atomic E-state index is 12.1. The van der Waals surface area contributed by atoms with Crippen molar-refractivity contribution >= 4 is 5.78 Å². The fourth-order valence-electron chi connectivity index (χ4n) is 2.40. The van der Waals surface area contributed by atoms with E-state index in [9.17, 15) is 4.79 Å². The highest BCUT2D eigenvalue weighted by molar-refractivity contribution is 5.83. The molecule has 1 saturated heterocycles. The summed E-state index contributed by atoms with van der Waals surface area (Å²) in [6.07, 6.45) is 1.58. The summed E-state index contributed by atoms with van der Waals surface area (Å²) in [7, 11) is 0. The van der Waals surface area contributed by atoms with Crippen LogP contribution in [0.2, 0.25) is 0 Å². The first kappa shape index (κ1) is 13.3. The van der Waals surface area contributed by atoms with Gasteiger partial charge in [0.2, 0.25) is 0 Å². The van der Waals surface area contributed by atoms with Gasteiger partial charge in [-0.3, -0.25) is 4.79 Å². The van der Waals surface area contributed by atoms with E-state index < -0.39 is 0 Å². The van der Waals surface area contributed by atoms with Gasteiger partial charge in [0.15, 0.2) is 0 Å². The lowest BCUT2D eigenvalue weighted by atomic mass is 9.86. The molecule has 1 heterocycles. The largest absolute Gasteiger partial charge is 0.316 e. The average molecular weight is 245 g/mol. The van der Waals surface area contributed by atoms with Crippen molar-refractivity contribution in [1.82, 2.24) is 5.32 Å². The summed E-state index contributed by atoms with van der Waals surface area (Å²) in [6, 6.07) is 8.49. The highest BCUT2D eigenvalue weighted by Gasteiger charge is 2.22. The Hall–Kier alpha value is -1.15. The van der Waals surface area contributed by atoms with Crippen LogP contribution >= 0.6 is 0 Å². The molecule has 1 aromatic rings. The number of hydrogen-bond acceptors (Lipinski definition) is 2. The summed E-state index contributed by atoms with van der Waals surface area (Å²) in [6.45, 7) is 8.46. The van der Waals surface area contributed by atoms with Gasteiger partial charge in [0.05, 0.1) is 0 Å². The van der Waals surface area contributed by atoms with Crippen molar-refractivity contribution in [2.45, 2.75) is 39.0 Å². The zero-order chi connectivity index (χ0) is 13.2.